The summed E-state index contributed by atoms with van der Waals surface area (Å²) in [4.78, 5) is 38.1. The van der Waals surface area contributed by atoms with Gasteiger partial charge in [0.1, 0.15) is 13.2 Å². The monoisotopic (exact) mass is 933 g/mol. The molecule has 0 aromatic carbocycles. The lowest BCUT2D eigenvalue weighted by Crippen LogP contribution is -2.30. The Morgan fingerprint density at radius 1 is 0.303 bits per heavy atom. The van der Waals surface area contributed by atoms with Gasteiger partial charge in [-0.3, -0.25) is 14.4 Å². The Bertz CT molecular complexity index is 1020. The molecule has 0 saturated carbocycles. The van der Waals surface area contributed by atoms with E-state index >= 15 is 0 Å². The standard InChI is InChI=1S/C60H116O6/c1-7-56(6)48-42-36-30-23-19-14-12-10-8-9-11-13-15-20-24-31-37-43-49-58(61)64-52-57(66-60(63)51-45-39-33-27-26-29-35-41-47-55(4)5)53-65-59(62)50-44-38-32-25-21-17-16-18-22-28-34-40-46-54(2)3/h54-57H,7-53H2,1-6H3/t56?,57-/m1/s1. The number of esters is 3. The van der Waals surface area contributed by atoms with E-state index < -0.39 is 6.10 Å². The largest absolute Gasteiger partial charge is 0.462 e. The number of hydrogen-bond acceptors (Lipinski definition) is 6. The van der Waals surface area contributed by atoms with Crippen LogP contribution in [0.15, 0.2) is 0 Å². The summed E-state index contributed by atoms with van der Waals surface area (Å²) < 4.78 is 16.9. The van der Waals surface area contributed by atoms with Crippen molar-refractivity contribution in [3.8, 4) is 0 Å². The maximum atomic E-state index is 12.8. The van der Waals surface area contributed by atoms with Crippen molar-refractivity contribution < 1.29 is 28.6 Å². The average Bonchev–Trinajstić information content (AvgIpc) is 3.29. The minimum atomic E-state index is -0.764. The van der Waals surface area contributed by atoms with E-state index in [0.717, 1.165) is 75.5 Å². The third kappa shape index (κ3) is 51.8. The molecule has 6 heteroatoms. The number of carbonyl (C=O) groups is 3. The topological polar surface area (TPSA) is 78.9 Å². The SMILES string of the molecule is CCC(C)CCCCCCCCCCCCCCCCCCCCC(=O)OC[C@H](COC(=O)CCCCCCCCCCCCCCC(C)C)OC(=O)CCCCCCCCCCC(C)C. The quantitative estimate of drug-likeness (QED) is 0.0343. The molecule has 0 rings (SSSR count). The van der Waals surface area contributed by atoms with Crippen LogP contribution in [0.4, 0.5) is 0 Å². The molecule has 2 atom stereocenters. The molecule has 0 saturated heterocycles. The van der Waals surface area contributed by atoms with Crippen molar-refractivity contribution in [2.24, 2.45) is 17.8 Å². The van der Waals surface area contributed by atoms with Crippen LogP contribution in [0.3, 0.4) is 0 Å². The van der Waals surface area contributed by atoms with Gasteiger partial charge in [0.05, 0.1) is 0 Å². The van der Waals surface area contributed by atoms with Crippen LogP contribution in [-0.2, 0) is 28.6 Å². The van der Waals surface area contributed by atoms with Crippen LogP contribution in [-0.4, -0.2) is 37.2 Å². The van der Waals surface area contributed by atoms with Crippen molar-refractivity contribution in [2.45, 2.75) is 337 Å². The molecule has 0 amide bonds. The summed E-state index contributed by atoms with van der Waals surface area (Å²) in [6.07, 6.45) is 53.9. The van der Waals surface area contributed by atoms with Gasteiger partial charge < -0.3 is 14.2 Å². The first kappa shape index (κ1) is 64.4. The normalized spacial score (nSPS) is 12.5. The van der Waals surface area contributed by atoms with Gasteiger partial charge in [0.2, 0.25) is 0 Å². The zero-order chi connectivity index (χ0) is 48.4. The highest BCUT2D eigenvalue weighted by Crippen LogP contribution is 2.19. The lowest BCUT2D eigenvalue weighted by Gasteiger charge is -2.18. The zero-order valence-corrected chi connectivity index (χ0v) is 45.5. The molecule has 0 aliphatic rings. The molecule has 0 heterocycles. The number of rotatable bonds is 53. The van der Waals surface area contributed by atoms with Crippen LogP contribution in [0.2, 0.25) is 0 Å². The van der Waals surface area contributed by atoms with E-state index in [9.17, 15) is 14.4 Å². The Labute approximate surface area is 412 Å². The van der Waals surface area contributed by atoms with E-state index in [-0.39, 0.29) is 31.1 Å². The molecule has 1 unspecified atom stereocenters. The third-order valence-electron chi connectivity index (χ3n) is 14.0. The van der Waals surface area contributed by atoms with Crippen LogP contribution in [0, 0.1) is 17.8 Å². The molecule has 0 bridgehead atoms. The highest BCUT2D eigenvalue weighted by atomic mass is 16.6. The molecule has 0 N–H and O–H groups in total. The predicted molar refractivity (Wildman–Crippen MR) is 284 cm³/mol. The van der Waals surface area contributed by atoms with E-state index in [4.69, 9.17) is 14.2 Å². The first-order valence-corrected chi connectivity index (χ1v) is 29.6. The van der Waals surface area contributed by atoms with Gasteiger partial charge in [0.15, 0.2) is 6.10 Å². The number of unbranched alkanes of at least 4 members (excludes halogenated alkanes) is 35. The van der Waals surface area contributed by atoms with Crippen LogP contribution in [0.1, 0.15) is 330 Å². The first-order chi connectivity index (χ1) is 32.1. The lowest BCUT2D eigenvalue weighted by atomic mass is 9.99. The molecule has 0 aromatic heterocycles. The van der Waals surface area contributed by atoms with Gasteiger partial charge in [0.25, 0.3) is 0 Å². The lowest BCUT2D eigenvalue weighted by molar-refractivity contribution is -0.167. The van der Waals surface area contributed by atoms with Gasteiger partial charge >= 0.3 is 17.9 Å². The zero-order valence-electron chi connectivity index (χ0n) is 45.5. The van der Waals surface area contributed by atoms with E-state index in [1.807, 2.05) is 0 Å². The van der Waals surface area contributed by atoms with Gasteiger partial charge in [-0.2, -0.15) is 0 Å². The van der Waals surface area contributed by atoms with Crippen LogP contribution in [0.5, 0.6) is 0 Å². The minimum Gasteiger partial charge on any atom is -0.462 e. The third-order valence-corrected chi connectivity index (χ3v) is 14.0. The fraction of sp³-hybridized carbons (Fsp3) is 0.950. The fourth-order valence-corrected chi connectivity index (χ4v) is 9.14. The van der Waals surface area contributed by atoms with E-state index in [1.165, 1.54) is 212 Å². The Balaban J connectivity index is 4.20. The van der Waals surface area contributed by atoms with Crippen molar-refractivity contribution in [1.29, 1.82) is 0 Å². The number of ether oxygens (including phenoxy) is 3. The molecule has 66 heavy (non-hydrogen) atoms. The van der Waals surface area contributed by atoms with Crippen molar-refractivity contribution in [2.75, 3.05) is 13.2 Å². The maximum Gasteiger partial charge on any atom is 0.306 e. The van der Waals surface area contributed by atoms with Crippen molar-refractivity contribution in [1.82, 2.24) is 0 Å². The van der Waals surface area contributed by atoms with Gasteiger partial charge in [-0.1, -0.05) is 292 Å². The summed E-state index contributed by atoms with van der Waals surface area (Å²) in [5.74, 6) is 1.69. The highest BCUT2D eigenvalue weighted by Gasteiger charge is 2.19. The van der Waals surface area contributed by atoms with Crippen molar-refractivity contribution >= 4 is 17.9 Å². The summed E-state index contributed by atoms with van der Waals surface area (Å²) in [6.45, 7) is 13.8. The van der Waals surface area contributed by atoms with E-state index in [0.29, 0.717) is 19.3 Å². The van der Waals surface area contributed by atoms with Crippen LogP contribution >= 0.6 is 0 Å². The Morgan fingerprint density at radius 3 is 0.788 bits per heavy atom. The van der Waals surface area contributed by atoms with Gasteiger partial charge in [-0.25, -0.2) is 0 Å². The summed E-state index contributed by atoms with van der Waals surface area (Å²) in [7, 11) is 0. The highest BCUT2D eigenvalue weighted by molar-refractivity contribution is 5.71. The molecule has 0 aromatic rings. The van der Waals surface area contributed by atoms with E-state index in [1.54, 1.807) is 0 Å². The van der Waals surface area contributed by atoms with Crippen molar-refractivity contribution in [3.05, 3.63) is 0 Å². The van der Waals surface area contributed by atoms with Crippen LogP contribution < -0.4 is 0 Å². The smallest absolute Gasteiger partial charge is 0.306 e. The molecule has 0 aliphatic heterocycles. The summed E-state index contributed by atoms with van der Waals surface area (Å²) in [5.41, 5.74) is 0. The Morgan fingerprint density at radius 2 is 0.530 bits per heavy atom. The van der Waals surface area contributed by atoms with Crippen LogP contribution in [0.25, 0.3) is 0 Å². The maximum absolute atomic E-state index is 12.8. The fourth-order valence-electron chi connectivity index (χ4n) is 9.14. The average molecular weight is 934 g/mol. The molecule has 0 aliphatic carbocycles. The Hall–Kier alpha value is -1.59. The second kappa shape index (κ2) is 51.3. The summed E-state index contributed by atoms with van der Waals surface area (Å²) in [5, 5.41) is 0. The summed E-state index contributed by atoms with van der Waals surface area (Å²) in [6, 6.07) is 0. The molecule has 0 spiro atoms. The van der Waals surface area contributed by atoms with Crippen molar-refractivity contribution in [3.63, 3.8) is 0 Å². The molecule has 0 radical (unpaired) electrons. The predicted octanol–water partition coefficient (Wildman–Crippen LogP) is 19.5. The first-order valence-electron chi connectivity index (χ1n) is 29.6. The van der Waals surface area contributed by atoms with Gasteiger partial charge in [-0.15, -0.1) is 0 Å². The molecular formula is C60H116O6. The van der Waals surface area contributed by atoms with Gasteiger partial charge in [-0.05, 0) is 37.0 Å². The molecule has 392 valence electrons. The second-order valence-corrected chi connectivity index (χ2v) is 21.8. The minimum absolute atomic E-state index is 0.0640. The Kier molecular flexibility index (Phi) is 50.0. The van der Waals surface area contributed by atoms with Gasteiger partial charge in [0, 0.05) is 19.3 Å². The molecular weight excluding hydrogens is 817 g/mol. The molecule has 6 nitrogen and oxygen atoms in total. The summed E-state index contributed by atoms with van der Waals surface area (Å²) >= 11 is 0. The number of hydrogen-bond donors (Lipinski definition) is 0. The van der Waals surface area contributed by atoms with E-state index in [2.05, 4.69) is 41.5 Å². The molecule has 0 fully saturated rings. The second-order valence-electron chi connectivity index (χ2n) is 21.8. The number of carbonyl (C=O) groups excluding carboxylic acids is 3.